The lowest BCUT2D eigenvalue weighted by molar-refractivity contribution is -0.158. The summed E-state index contributed by atoms with van der Waals surface area (Å²) in [7, 11) is 0. The molecule has 0 saturated heterocycles. The summed E-state index contributed by atoms with van der Waals surface area (Å²) in [6, 6.07) is 3.57. The van der Waals surface area contributed by atoms with Crippen LogP contribution in [0.3, 0.4) is 0 Å². The Morgan fingerprint density at radius 2 is 2.21 bits per heavy atom. The van der Waals surface area contributed by atoms with Crippen molar-refractivity contribution < 1.29 is 9.53 Å². The Bertz CT molecular complexity index is 552. The smallest absolute Gasteiger partial charge is 0.329 e. The Hall–Kier alpha value is -1.62. The van der Waals surface area contributed by atoms with Gasteiger partial charge in [0.05, 0.1) is 4.88 Å². The lowest BCUT2D eigenvalue weighted by Gasteiger charge is -2.23. The lowest BCUT2D eigenvalue weighted by atomic mass is 10.2. The summed E-state index contributed by atoms with van der Waals surface area (Å²) in [5.74, 6) is 0.552. The van der Waals surface area contributed by atoms with Crippen LogP contribution >= 0.6 is 11.3 Å². The van der Waals surface area contributed by atoms with Crippen molar-refractivity contribution in [3.8, 4) is 10.7 Å². The molecule has 102 valence electrons. The first-order chi connectivity index (χ1) is 8.88. The highest BCUT2D eigenvalue weighted by Crippen LogP contribution is 2.26. The van der Waals surface area contributed by atoms with E-state index in [0.717, 1.165) is 10.7 Å². The van der Waals surface area contributed by atoms with Gasteiger partial charge in [-0.05, 0) is 39.1 Å². The molecule has 2 heterocycles. The van der Waals surface area contributed by atoms with E-state index in [1.165, 1.54) is 0 Å². The van der Waals surface area contributed by atoms with Crippen LogP contribution in [0.2, 0.25) is 0 Å². The molecule has 0 aliphatic heterocycles. The quantitative estimate of drug-likeness (QED) is 0.807. The van der Waals surface area contributed by atoms with E-state index >= 15 is 0 Å². The molecule has 0 radical (unpaired) electrons. The van der Waals surface area contributed by atoms with Crippen molar-refractivity contribution in [2.24, 2.45) is 0 Å². The normalized spacial score (nSPS) is 13.3. The lowest BCUT2D eigenvalue weighted by Crippen LogP contribution is -2.29. The average Bonchev–Trinajstić information content (AvgIpc) is 2.96. The molecule has 0 saturated carbocycles. The van der Waals surface area contributed by atoms with Crippen molar-refractivity contribution in [1.82, 2.24) is 9.55 Å². The molecule has 1 atom stereocenters. The van der Waals surface area contributed by atoms with Crippen molar-refractivity contribution in [2.75, 3.05) is 0 Å². The molecule has 4 nitrogen and oxygen atoms in total. The van der Waals surface area contributed by atoms with Gasteiger partial charge in [0, 0.05) is 12.4 Å². The van der Waals surface area contributed by atoms with Gasteiger partial charge in [0.25, 0.3) is 0 Å². The summed E-state index contributed by atoms with van der Waals surface area (Å²) < 4.78 is 7.26. The molecule has 0 bridgehead atoms. The highest BCUT2D eigenvalue weighted by molar-refractivity contribution is 7.13. The van der Waals surface area contributed by atoms with Crippen LogP contribution in [0.5, 0.6) is 0 Å². The number of imidazole rings is 1. The van der Waals surface area contributed by atoms with Gasteiger partial charge in [-0.1, -0.05) is 6.07 Å². The van der Waals surface area contributed by atoms with Gasteiger partial charge in [-0.2, -0.15) is 0 Å². The van der Waals surface area contributed by atoms with Crippen LogP contribution < -0.4 is 0 Å². The summed E-state index contributed by atoms with van der Waals surface area (Å²) >= 11 is 1.60. The minimum absolute atomic E-state index is 0.247. The molecule has 1 unspecified atom stereocenters. The predicted octanol–water partition coefficient (Wildman–Crippen LogP) is 3.51. The minimum atomic E-state index is -0.477. The number of esters is 1. The first-order valence-electron chi connectivity index (χ1n) is 6.18. The summed E-state index contributed by atoms with van der Waals surface area (Å²) in [5.41, 5.74) is -0.477. The predicted molar refractivity (Wildman–Crippen MR) is 76.1 cm³/mol. The number of ether oxygens (including phenoxy) is 1. The van der Waals surface area contributed by atoms with Crippen molar-refractivity contribution in [3.63, 3.8) is 0 Å². The van der Waals surface area contributed by atoms with Gasteiger partial charge < -0.3 is 9.30 Å². The van der Waals surface area contributed by atoms with Crippen molar-refractivity contribution in [2.45, 2.75) is 39.3 Å². The molecule has 0 aromatic carbocycles. The Labute approximate surface area is 117 Å². The minimum Gasteiger partial charge on any atom is -0.458 e. The van der Waals surface area contributed by atoms with E-state index in [9.17, 15) is 4.79 Å². The zero-order chi connectivity index (χ0) is 14.0. The molecule has 5 heteroatoms. The highest BCUT2D eigenvalue weighted by atomic mass is 32.1. The monoisotopic (exact) mass is 278 g/mol. The molecular weight excluding hydrogens is 260 g/mol. The Balaban J connectivity index is 2.23. The molecule has 19 heavy (non-hydrogen) atoms. The molecular formula is C14H18N2O2S. The average molecular weight is 278 g/mol. The largest absolute Gasteiger partial charge is 0.458 e. The fourth-order valence-corrected chi connectivity index (χ4v) is 2.45. The van der Waals surface area contributed by atoms with E-state index in [4.69, 9.17) is 4.74 Å². The molecule has 0 N–H and O–H groups in total. The first-order valence-corrected chi connectivity index (χ1v) is 7.06. The van der Waals surface area contributed by atoms with Crippen LogP contribution in [-0.4, -0.2) is 21.1 Å². The first kappa shape index (κ1) is 13.8. The Morgan fingerprint density at radius 1 is 1.47 bits per heavy atom. The van der Waals surface area contributed by atoms with Crippen molar-refractivity contribution in [3.05, 3.63) is 29.9 Å². The standard InChI is InChI=1S/C14H18N2O2S/c1-10(13(17)18-14(2,3)4)16-8-7-15-12(16)11-6-5-9-19-11/h5-10H,1-4H3. The van der Waals surface area contributed by atoms with Gasteiger partial charge >= 0.3 is 5.97 Å². The highest BCUT2D eigenvalue weighted by Gasteiger charge is 2.24. The van der Waals surface area contributed by atoms with E-state index in [0.29, 0.717) is 0 Å². The number of carbonyl (C=O) groups excluding carboxylic acids is 1. The molecule has 2 aromatic rings. The molecule has 2 aromatic heterocycles. The molecule has 0 aliphatic rings. The van der Waals surface area contributed by atoms with Gasteiger partial charge in [-0.15, -0.1) is 11.3 Å². The summed E-state index contributed by atoms with van der Waals surface area (Å²) in [4.78, 5) is 17.5. The number of rotatable bonds is 3. The second kappa shape index (κ2) is 5.17. The van der Waals surface area contributed by atoms with E-state index < -0.39 is 5.60 Å². The van der Waals surface area contributed by atoms with Crippen LogP contribution in [0, 0.1) is 0 Å². The molecule has 0 spiro atoms. The molecule has 0 amide bonds. The summed E-state index contributed by atoms with van der Waals surface area (Å²) in [5, 5.41) is 1.99. The molecule has 0 fully saturated rings. The second-order valence-corrected chi connectivity index (χ2v) is 6.29. The van der Waals surface area contributed by atoms with Crippen molar-refractivity contribution in [1.29, 1.82) is 0 Å². The van der Waals surface area contributed by atoms with E-state index in [-0.39, 0.29) is 12.0 Å². The van der Waals surface area contributed by atoms with Crippen LogP contribution in [0.1, 0.15) is 33.7 Å². The van der Waals surface area contributed by atoms with Crippen LogP contribution in [0.4, 0.5) is 0 Å². The Kier molecular flexibility index (Phi) is 3.75. The third kappa shape index (κ3) is 3.23. The van der Waals surface area contributed by atoms with Gasteiger partial charge in [0.1, 0.15) is 11.6 Å². The van der Waals surface area contributed by atoms with Gasteiger partial charge in [0.15, 0.2) is 5.82 Å². The third-order valence-electron chi connectivity index (χ3n) is 2.58. The second-order valence-electron chi connectivity index (χ2n) is 5.34. The fraction of sp³-hybridized carbons (Fsp3) is 0.429. The summed E-state index contributed by atoms with van der Waals surface area (Å²) in [6.45, 7) is 7.43. The van der Waals surface area contributed by atoms with E-state index in [1.807, 2.05) is 56.0 Å². The number of thiophene rings is 1. The number of nitrogens with zero attached hydrogens (tertiary/aromatic N) is 2. The van der Waals surface area contributed by atoms with Crippen molar-refractivity contribution >= 4 is 17.3 Å². The van der Waals surface area contributed by atoms with Gasteiger partial charge in [-0.25, -0.2) is 9.78 Å². The van der Waals surface area contributed by atoms with Crippen LogP contribution in [-0.2, 0) is 9.53 Å². The fourth-order valence-electron chi connectivity index (χ4n) is 1.72. The topological polar surface area (TPSA) is 44.1 Å². The van der Waals surface area contributed by atoms with Crippen LogP contribution in [0.25, 0.3) is 10.7 Å². The number of aromatic nitrogens is 2. The number of hydrogen-bond acceptors (Lipinski definition) is 4. The maximum Gasteiger partial charge on any atom is 0.329 e. The number of hydrogen-bond donors (Lipinski definition) is 0. The third-order valence-corrected chi connectivity index (χ3v) is 3.44. The van der Waals surface area contributed by atoms with Crippen LogP contribution in [0.15, 0.2) is 29.9 Å². The van der Waals surface area contributed by atoms with Gasteiger partial charge in [0.2, 0.25) is 0 Å². The van der Waals surface area contributed by atoms with E-state index in [1.54, 1.807) is 17.5 Å². The van der Waals surface area contributed by atoms with Gasteiger partial charge in [-0.3, -0.25) is 0 Å². The Morgan fingerprint density at radius 3 is 2.79 bits per heavy atom. The zero-order valence-corrected chi connectivity index (χ0v) is 12.4. The molecule has 0 aliphatic carbocycles. The summed E-state index contributed by atoms with van der Waals surface area (Å²) in [6.07, 6.45) is 3.51. The number of carbonyl (C=O) groups is 1. The zero-order valence-electron chi connectivity index (χ0n) is 11.6. The van der Waals surface area contributed by atoms with E-state index in [2.05, 4.69) is 4.98 Å². The molecule has 2 rings (SSSR count). The SMILES string of the molecule is CC(C(=O)OC(C)(C)C)n1ccnc1-c1cccs1. The maximum absolute atomic E-state index is 12.1. The maximum atomic E-state index is 12.1.